The lowest BCUT2D eigenvalue weighted by Crippen LogP contribution is -2.47. The standard InChI is InChI=1S/C18H30N6O2.3ClH/c1-13(2)17(19)18(26)22-12-16(25)21-11-14-4-5-20-15(10-14)24-8-6-23(3)7-9-24;;;/h4-5,10,13,17H,6-9,11-12,19H2,1-3H3,(H,21,25)(H,22,26);3*1H/t17-;;;/m0.../s1. The van der Waals surface area contributed by atoms with Crippen molar-refractivity contribution >= 4 is 54.9 Å². The summed E-state index contributed by atoms with van der Waals surface area (Å²) in [7, 11) is 2.11. The third kappa shape index (κ3) is 9.82. The molecule has 1 aliphatic heterocycles. The first-order chi connectivity index (χ1) is 12.4. The third-order valence-electron chi connectivity index (χ3n) is 4.57. The summed E-state index contributed by atoms with van der Waals surface area (Å²) in [6, 6.07) is 3.28. The number of halogens is 3. The zero-order valence-electron chi connectivity index (χ0n) is 17.1. The van der Waals surface area contributed by atoms with Crippen LogP contribution >= 0.6 is 37.2 Å². The van der Waals surface area contributed by atoms with E-state index in [1.54, 1.807) is 6.20 Å². The van der Waals surface area contributed by atoms with Gasteiger partial charge in [0.2, 0.25) is 11.8 Å². The summed E-state index contributed by atoms with van der Waals surface area (Å²) in [4.78, 5) is 32.7. The van der Waals surface area contributed by atoms with Gasteiger partial charge in [0.1, 0.15) is 5.82 Å². The van der Waals surface area contributed by atoms with Crippen LogP contribution in [0, 0.1) is 5.92 Å². The fourth-order valence-corrected chi connectivity index (χ4v) is 2.63. The fraction of sp³-hybridized carbons (Fsp3) is 0.611. The molecule has 1 atom stereocenters. The molecule has 29 heavy (non-hydrogen) atoms. The Labute approximate surface area is 191 Å². The molecule has 2 rings (SSSR count). The molecule has 1 aliphatic rings. The zero-order valence-corrected chi connectivity index (χ0v) is 19.5. The number of aromatic nitrogens is 1. The van der Waals surface area contributed by atoms with Crippen molar-refractivity contribution in [2.24, 2.45) is 11.7 Å². The fourth-order valence-electron chi connectivity index (χ4n) is 2.63. The van der Waals surface area contributed by atoms with Crippen molar-refractivity contribution in [3.63, 3.8) is 0 Å². The number of piperazine rings is 1. The number of rotatable bonds is 7. The van der Waals surface area contributed by atoms with Gasteiger partial charge >= 0.3 is 0 Å². The molecule has 8 nitrogen and oxygen atoms in total. The van der Waals surface area contributed by atoms with Gasteiger partial charge in [-0.15, -0.1) is 37.2 Å². The number of anilines is 1. The van der Waals surface area contributed by atoms with Crippen molar-refractivity contribution in [2.75, 3.05) is 44.7 Å². The predicted octanol–water partition coefficient (Wildman–Crippen LogP) is 0.814. The van der Waals surface area contributed by atoms with E-state index in [4.69, 9.17) is 5.73 Å². The third-order valence-corrected chi connectivity index (χ3v) is 4.57. The number of hydrogen-bond donors (Lipinski definition) is 3. The van der Waals surface area contributed by atoms with Crippen LogP contribution in [0.3, 0.4) is 0 Å². The molecule has 168 valence electrons. The minimum absolute atomic E-state index is 0. The highest BCUT2D eigenvalue weighted by Crippen LogP contribution is 2.14. The Hall–Kier alpha value is -1.32. The summed E-state index contributed by atoms with van der Waals surface area (Å²) in [5.74, 6) is 0.410. The van der Waals surface area contributed by atoms with Gasteiger partial charge in [0.25, 0.3) is 0 Å². The van der Waals surface area contributed by atoms with Crippen LogP contribution in [0.4, 0.5) is 5.82 Å². The quantitative estimate of drug-likeness (QED) is 0.544. The van der Waals surface area contributed by atoms with Crippen molar-refractivity contribution in [2.45, 2.75) is 26.4 Å². The van der Waals surface area contributed by atoms with Crippen molar-refractivity contribution in [3.05, 3.63) is 23.9 Å². The number of nitrogens with zero attached hydrogens (tertiary/aromatic N) is 3. The molecule has 4 N–H and O–H groups in total. The number of carbonyl (C=O) groups is 2. The van der Waals surface area contributed by atoms with E-state index in [1.807, 2.05) is 26.0 Å². The maximum absolute atomic E-state index is 11.9. The molecular weight excluding hydrogens is 439 g/mol. The lowest BCUT2D eigenvalue weighted by Gasteiger charge is -2.33. The second-order valence-electron chi connectivity index (χ2n) is 7.08. The number of hydrogen-bond acceptors (Lipinski definition) is 6. The zero-order chi connectivity index (χ0) is 19.1. The summed E-state index contributed by atoms with van der Waals surface area (Å²) < 4.78 is 0. The molecule has 0 bridgehead atoms. The van der Waals surface area contributed by atoms with E-state index >= 15 is 0 Å². The Morgan fingerprint density at radius 1 is 1.14 bits per heavy atom. The maximum atomic E-state index is 11.9. The molecule has 0 aromatic carbocycles. The second kappa shape index (κ2) is 14.6. The van der Waals surface area contributed by atoms with Crippen LogP contribution in [-0.2, 0) is 16.1 Å². The van der Waals surface area contributed by atoms with E-state index in [1.165, 1.54) is 0 Å². The molecule has 1 aromatic heterocycles. The Morgan fingerprint density at radius 3 is 2.34 bits per heavy atom. The lowest BCUT2D eigenvalue weighted by atomic mass is 10.1. The van der Waals surface area contributed by atoms with Crippen molar-refractivity contribution in [1.29, 1.82) is 0 Å². The van der Waals surface area contributed by atoms with Crippen LogP contribution in [0.1, 0.15) is 19.4 Å². The average molecular weight is 472 g/mol. The first-order valence-corrected chi connectivity index (χ1v) is 9.05. The number of pyridine rings is 1. The Bertz CT molecular complexity index is 627. The SMILES string of the molecule is CC(C)[C@H](N)C(=O)NCC(=O)NCc1ccnc(N2CCN(C)CC2)c1.Cl.Cl.Cl. The Morgan fingerprint density at radius 2 is 1.76 bits per heavy atom. The van der Waals surface area contributed by atoms with Crippen LogP contribution in [-0.4, -0.2) is 67.5 Å². The molecule has 0 radical (unpaired) electrons. The Balaban J connectivity index is 0. The summed E-state index contributed by atoms with van der Waals surface area (Å²) in [6.45, 7) is 7.98. The van der Waals surface area contributed by atoms with E-state index in [2.05, 4.69) is 32.5 Å². The molecule has 0 spiro atoms. The average Bonchev–Trinajstić information content (AvgIpc) is 2.64. The van der Waals surface area contributed by atoms with Gasteiger partial charge in [-0.3, -0.25) is 9.59 Å². The van der Waals surface area contributed by atoms with E-state index in [0.29, 0.717) is 6.54 Å². The summed E-state index contributed by atoms with van der Waals surface area (Å²) in [6.07, 6.45) is 1.76. The number of likely N-dealkylation sites (N-methyl/N-ethyl adjacent to an activating group) is 1. The van der Waals surface area contributed by atoms with Crippen LogP contribution in [0.5, 0.6) is 0 Å². The predicted molar refractivity (Wildman–Crippen MR) is 123 cm³/mol. The number of nitrogens with two attached hydrogens (primary N) is 1. The molecule has 0 aliphatic carbocycles. The van der Waals surface area contributed by atoms with Crippen LogP contribution in [0.25, 0.3) is 0 Å². The summed E-state index contributed by atoms with van der Waals surface area (Å²) in [5, 5.41) is 5.38. The smallest absolute Gasteiger partial charge is 0.239 e. The number of amides is 2. The van der Waals surface area contributed by atoms with Gasteiger partial charge in [-0.25, -0.2) is 4.98 Å². The van der Waals surface area contributed by atoms with Gasteiger partial charge < -0.3 is 26.2 Å². The highest BCUT2D eigenvalue weighted by Gasteiger charge is 2.18. The minimum Gasteiger partial charge on any atom is -0.354 e. The molecule has 2 amide bonds. The van der Waals surface area contributed by atoms with E-state index in [-0.39, 0.29) is 61.5 Å². The molecule has 2 heterocycles. The van der Waals surface area contributed by atoms with Gasteiger partial charge in [-0.2, -0.15) is 0 Å². The molecule has 1 aromatic rings. The van der Waals surface area contributed by atoms with Crippen molar-refractivity contribution in [3.8, 4) is 0 Å². The van der Waals surface area contributed by atoms with E-state index in [0.717, 1.165) is 37.6 Å². The first kappa shape index (κ1) is 29.9. The topological polar surface area (TPSA) is 104 Å². The van der Waals surface area contributed by atoms with Crippen molar-refractivity contribution < 1.29 is 9.59 Å². The maximum Gasteiger partial charge on any atom is 0.239 e. The normalized spacial score (nSPS) is 14.7. The molecule has 1 fully saturated rings. The monoisotopic (exact) mass is 470 g/mol. The molecular formula is C18H33Cl3N6O2. The summed E-state index contributed by atoms with van der Waals surface area (Å²) >= 11 is 0. The van der Waals surface area contributed by atoms with Gasteiger partial charge in [-0.05, 0) is 30.7 Å². The van der Waals surface area contributed by atoms with E-state index < -0.39 is 6.04 Å². The van der Waals surface area contributed by atoms with Gasteiger partial charge in [0.15, 0.2) is 0 Å². The largest absolute Gasteiger partial charge is 0.354 e. The van der Waals surface area contributed by atoms with Gasteiger partial charge in [0, 0.05) is 38.9 Å². The number of nitrogens with one attached hydrogen (secondary N) is 2. The van der Waals surface area contributed by atoms with Gasteiger partial charge in [-0.1, -0.05) is 13.8 Å². The number of carbonyl (C=O) groups excluding carboxylic acids is 2. The van der Waals surface area contributed by atoms with E-state index in [9.17, 15) is 9.59 Å². The van der Waals surface area contributed by atoms with Crippen LogP contribution in [0.2, 0.25) is 0 Å². The van der Waals surface area contributed by atoms with Gasteiger partial charge in [0.05, 0.1) is 12.6 Å². The highest BCUT2D eigenvalue weighted by molar-refractivity contribution is 5.87. The molecule has 11 heteroatoms. The molecule has 1 saturated heterocycles. The second-order valence-corrected chi connectivity index (χ2v) is 7.08. The first-order valence-electron chi connectivity index (χ1n) is 9.05. The minimum atomic E-state index is -0.603. The van der Waals surface area contributed by atoms with Crippen LogP contribution < -0.4 is 21.3 Å². The van der Waals surface area contributed by atoms with Crippen molar-refractivity contribution in [1.82, 2.24) is 20.5 Å². The Kier molecular flexibility index (Phi) is 15.1. The highest BCUT2D eigenvalue weighted by atomic mass is 35.5. The molecule has 0 saturated carbocycles. The summed E-state index contributed by atoms with van der Waals surface area (Å²) in [5.41, 5.74) is 6.73. The van der Waals surface area contributed by atoms with Crippen LogP contribution in [0.15, 0.2) is 18.3 Å². The lowest BCUT2D eigenvalue weighted by molar-refractivity contribution is -0.127. The molecule has 0 unspecified atom stereocenters.